The van der Waals surface area contributed by atoms with Crippen molar-refractivity contribution in [1.82, 2.24) is 10.3 Å². The number of amides is 1. The molecule has 0 aliphatic heterocycles. The van der Waals surface area contributed by atoms with Crippen LogP contribution in [0.15, 0.2) is 29.8 Å². The lowest BCUT2D eigenvalue weighted by atomic mass is 10.3. The molecule has 0 aliphatic rings. The molecule has 0 aliphatic carbocycles. The Bertz CT molecular complexity index is 671. The summed E-state index contributed by atoms with van der Waals surface area (Å²) in [6.45, 7) is 0.412. The van der Waals surface area contributed by atoms with Crippen LogP contribution in [-0.2, 0) is 6.54 Å². The number of nitrogens with zero attached hydrogens (tertiary/aromatic N) is 1. The van der Waals surface area contributed by atoms with Crippen LogP contribution in [0, 0.1) is 17.7 Å². The molecule has 6 heteroatoms. The molecule has 0 bridgehead atoms. The molecule has 0 fully saturated rings. The van der Waals surface area contributed by atoms with Gasteiger partial charge < -0.3 is 10.4 Å². The van der Waals surface area contributed by atoms with E-state index in [-0.39, 0.29) is 18.2 Å². The zero-order valence-corrected chi connectivity index (χ0v) is 11.9. The Balaban J connectivity index is 1.90. The monoisotopic (exact) mass is 304 g/mol. The summed E-state index contributed by atoms with van der Waals surface area (Å²) in [6, 6.07) is 4.42. The van der Waals surface area contributed by atoms with Crippen molar-refractivity contribution in [3.05, 3.63) is 51.7 Å². The first-order valence-corrected chi connectivity index (χ1v) is 7.14. The Labute approximate surface area is 125 Å². The number of carbonyl (C=O) groups excluding carboxylic acids is 1. The van der Waals surface area contributed by atoms with Gasteiger partial charge in [0.15, 0.2) is 0 Å². The molecule has 2 N–H and O–H groups in total. The number of hydrogen-bond donors (Lipinski definition) is 2. The lowest BCUT2D eigenvalue weighted by molar-refractivity contribution is 0.0946. The molecular formula is C15H13FN2O2S. The minimum atomic E-state index is -0.476. The third kappa shape index (κ3) is 4.67. The largest absolute Gasteiger partial charge is 0.395 e. The fourth-order valence-corrected chi connectivity index (χ4v) is 2.28. The van der Waals surface area contributed by atoms with E-state index in [9.17, 15) is 9.18 Å². The second kappa shape index (κ2) is 7.53. The number of aliphatic hydroxyl groups excluding tert-OH is 1. The van der Waals surface area contributed by atoms with Crippen molar-refractivity contribution in [3.8, 4) is 11.8 Å². The van der Waals surface area contributed by atoms with Gasteiger partial charge in [0.1, 0.15) is 11.5 Å². The first kappa shape index (κ1) is 15.2. The molecule has 0 atom stereocenters. The summed E-state index contributed by atoms with van der Waals surface area (Å²) in [5.74, 6) is 4.93. The van der Waals surface area contributed by atoms with Gasteiger partial charge in [0.05, 0.1) is 19.3 Å². The van der Waals surface area contributed by atoms with Crippen LogP contribution in [-0.4, -0.2) is 22.6 Å². The maximum absolute atomic E-state index is 12.7. The number of halogens is 1. The summed E-state index contributed by atoms with van der Waals surface area (Å²) in [5, 5.41) is 13.2. The van der Waals surface area contributed by atoms with Crippen LogP contribution in [0.2, 0.25) is 0 Å². The van der Waals surface area contributed by atoms with E-state index < -0.39 is 5.82 Å². The molecule has 2 rings (SSSR count). The van der Waals surface area contributed by atoms with Crippen molar-refractivity contribution in [3.63, 3.8) is 0 Å². The fraction of sp³-hybridized carbons (Fsp3) is 0.200. The maximum atomic E-state index is 12.7. The molecule has 4 nitrogen and oxygen atoms in total. The van der Waals surface area contributed by atoms with E-state index in [0.29, 0.717) is 13.0 Å². The van der Waals surface area contributed by atoms with Crippen LogP contribution < -0.4 is 5.32 Å². The number of aromatic nitrogens is 1. The normalized spacial score (nSPS) is 9.81. The quantitative estimate of drug-likeness (QED) is 0.849. The maximum Gasteiger partial charge on any atom is 0.270 e. The van der Waals surface area contributed by atoms with Crippen molar-refractivity contribution in [2.24, 2.45) is 0 Å². The van der Waals surface area contributed by atoms with Crippen LogP contribution in [0.25, 0.3) is 0 Å². The third-order valence-electron chi connectivity index (χ3n) is 2.51. The van der Waals surface area contributed by atoms with E-state index in [1.165, 1.54) is 23.5 Å². The molecule has 0 spiro atoms. The highest BCUT2D eigenvalue weighted by Crippen LogP contribution is 2.13. The Hall–Kier alpha value is -2.23. The topological polar surface area (TPSA) is 62.2 Å². The van der Waals surface area contributed by atoms with E-state index in [1.807, 2.05) is 11.4 Å². The molecular weight excluding hydrogens is 291 g/mol. The summed E-state index contributed by atoms with van der Waals surface area (Å²) in [5.41, 5.74) is 1.04. The van der Waals surface area contributed by atoms with Crippen LogP contribution in [0.5, 0.6) is 0 Å². The average Bonchev–Trinajstić information content (AvgIpc) is 2.94. The van der Waals surface area contributed by atoms with Crippen molar-refractivity contribution in [2.75, 3.05) is 6.61 Å². The average molecular weight is 304 g/mol. The highest BCUT2D eigenvalue weighted by atomic mass is 32.1. The summed E-state index contributed by atoms with van der Waals surface area (Å²) in [6.07, 6.45) is 1.45. The second-order valence-corrected chi connectivity index (χ2v) is 5.12. The molecule has 0 aromatic carbocycles. The van der Waals surface area contributed by atoms with Crippen LogP contribution in [0.4, 0.5) is 4.39 Å². The van der Waals surface area contributed by atoms with E-state index in [0.717, 1.165) is 16.6 Å². The zero-order chi connectivity index (χ0) is 15.1. The third-order valence-corrected chi connectivity index (χ3v) is 3.44. The van der Waals surface area contributed by atoms with Crippen LogP contribution >= 0.6 is 11.3 Å². The van der Waals surface area contributed by atoms with Crippen molar-refractivity contribution < 1.29 is 14.3 Å². The number of aliphatic hydroxyl groups is 1. The molecule has 108 valence electrons. The summed E-state index contributed by atoms with van der Waals surface area (Å²) in [7, 11) is 0. The standard InChI is InChI=1S/C15H13FN2O2S/c16-12-4-5-14(17-8-12)15(20)18-9-13-7-11(10-21-13)3-1-2-6-19/h4-5,7-8,10,19H,2,6,9H2,(H,18,20). The van der Waals surface area contributed by atoms with E-state index in [4.69, 9.17) is 5.11 Å². The van der Waals surface area contributed by atoms with Crippen molar-refractivity contribution >= 4 is 17.2 Å². The molecule has 2 heterocycles. The highest BCUT2D eigenvalue weighted by Gasteiger charge is 2.07. The minimum Gasteiger partial charge on any atom is -0.395 e. The number of rotatable bonds is 4. The van der Waals surface area contributed by atoms with Gasteiger partial charge in [0, 0.05) is 22.2 Å². The molecule has 0 unspecified atom stereocenters. The molecule has 1 amide bonds. The van der Waals surface area contributed by atoms with Gasteiger partial charge in [-0.3, -0.25) is 4.79 Å². The molecule has 21 heavy (non-hydrogen) atoms. The van der Waals surface area contributed by atoms with Gasteiger partial charge in [0.2, 0.25) is 0 Å². The van der Waals surface area contributed by atoms with Crippen molar-refractivity contribution in [1.29, 1.82) is 0 Å². The Morgan fingerprint density at radius 3 is 3.05 bits per heavy atom. The molecule has 0 saturated carbocycles. The highest BCUT2D eigenvalue weighted by molar-refractivity contribution is 7.10. The Morgan fingerprint density at radius 2 is 2.33 bits per heavy atom. The second-order valence-electron chi connectivity index (χ2n) is 4.12. The van der Waals surface area contributed by atoms with Gasteiger partial charge in [-0.25, -0.2) is 9.37 Å². The molecule has 2 aromatic rings. The first-order chi connectivity index (χ1) is 10.2. The number of pyridine rings is 1. The van der Waals surface area contributed by atoms with Crippen molar-refractivity contribution in [2.45, 2.75) is 13.0 Å². The first-order valence-electron chi connectivity index (χ1n) is 6.26. The Kier molecular flexibility index (Phi) is 5.43. The minimum absolute atomic E-state index is 0.0464. The smallest absolute Gasteiger partial charge is 0.270 e. The van der Waals surface area contributed by atoms with Gasteiger partial charge >= 0.3 is 0 Å². The fourth-order valence-electron chi connectivity index (χ4n) is 1.53. The van der Waals surface area contributed by atoms with E-state index >= 15 is 0 Å². The summed E-state index contributed by atoms with van der Waals surface area (Å²) in [4.78, 5) is 16.5. The van der Waals surface area contributed by atoms with Gasteiger partial charge in [0.25, 0.3) is 5.91 Å². The molecule has 0 saturated heterocycles. The van der Waals surface area contributed by atoms with Crippen LogP contribution in [0.3, 0.4) is 0 Å². The van der Waals surface area contributed by atoms with Gasteiger partial charge in [-0.15, -0.1) is 11.3 Å². The predicted octanol–water partition coefficient (Wildman–Crippen LogP) is 1.95. The van der Waals surface area contributed by atoms with Crippen LogP contribution in [0.1, 0.15) is 27.3 Å². The van der Waals surface area contributed by atoms with E-state index in [2.05, 4.69) is 22.1 Å². The summed E-state index contributed by atoms with van der Waals surface area (Å²) < 4.78 is 12.7. The zero-order valence-electron chi connectivity index (χ0n) is 11.1. The SMILES string of the molecule is O=C(NCc1cc(C#CCCO)cs1)c1ccc(F)cn1. The molecule has 0 radical (unpaired) electrons. The van der Waals surface area contributed by atoms with Gasteiger partial charge in [-0.2, -0.15) is 0 Å². The molecule has 2 aromatic heterocycles. The predicted molar refractivity (Wildman–Crippen MR) is 78.3 cm³/mol. The lowest BCUT2D eigenvalue weighted by Crippen LogP contribution is -2.23. The van der Waals surface area contributed by atoms with Gasteiger partial charge in [-0.05, 0) is 18.2 Å². The van der Waals surface area contributed by atoms with E-state index in [1.54, 1.807) is 0 Å². The summed E-state index contributed by atoms with van der Waals surface area (Å²) >= 11 is 1.49. The number of nitrogens with one attached hydrogen (secondary N) is 1. The Morgan fingerprint density at radius 1 is 1.48 bits per heavy atom. The lowest BCUT2D eigenvalue weighted by Gasteiger charge is -2.02. The number of hydrogen-bond acceptors (Lipinski definition) is 4. The van der Waals surface area contributed by atoms with Gasteiger partial charge in [-0.1, -0.05) is 11.8 Å². The number of carbonyl (C=O) groups is 1. The number of thiophene rings is 1.